The van der Waals surface area contributed by atoms with E-state index in [9.17, 15) is 0 Å². The highest BCUT2D eigenvalue weighted by Gasteiger charge is 2.14. The fraction of sp³-hybridized carbons (Fsp3) is 0.176. The van der Waals surface area contributed by atoms with Crippen molar-refractivity contribution in [2.45, 2.75) is 6.42 Å². The topological polar surface area (TPSA) is 38.2 Å². The molecule has 0 amide bonds. The van der Waals surface area contributed by atoms with Crippen LogP contribution >= 0.6 is 0 Å². The highest BCUT2D eigenvalue weighted by atomic mass is 16.5. The van der Waals surface area contributed by atoms with Crippen LogP contribution in [0, 0.1) is 0 Å². The van der Waals surface area contributed by atoms with Gasteiger partial charge in [0.2, 0.25) is 0 Å². The zero-order chi connectivity index (χ0) is 14.8. The monoisotopic (exact) mass is 279 g/mol. The van der Waals surface area contributed by atoms with Gasteiger partial charge in [-0.05, 0) is 18.2 Å². The summed E-state index contributed by atoms with van der Waals surface area (Å²) in [6.45, 7) is 8.62. The SMILES string of the molecule is C=C1/C=C(/c2ccc3cnccc3n2)N(C)CCC(=C)O1. The molecule has 106 valence electrons. The van der Waals surface area contributed by atoms with Gasteiger partial charge in [0, 0.05) is 43.9 Å². The average molecular weight is 279 g/mol. The summed E-state index contributed by atoms with van der Waals surface area (Å²) in [6, 6.07) is 5.94. The Labute approximate surface area is 124 Å². The van der Waals surface area contributed by atoms with Crippen molar-refractivity contribution in [1.29, 1.82) is 0 Å². The van der Waals surface area contributed by atoms with Crippen LogP contribution in [-0.4, -0.2) is 28.5 Å². The van der Waals surface area contributed by atoms with E-state index in [0.717, 1.165) is 41.0 Å². The fourth-order valence-electron chi connectivity index (χ4n) is 2.32. The number of hydrogen-bond donors (Lipinski definition) is 0. The van der Waals surface area contributed by atoms with Crippen LogP contribution in [0.3, 0.4) is 0 Å². The molecule has 0 fully saturated rings. The van der Waals surface area contributed by atoms with E-state index in [2.05, 4.69) is 23.0 Å². The average Bonchev–Trinajstić information content (AvgIpc) is 2.48. The number of rotatable bonds is 1. The molecular weight excluding hydrogens is 262 g/mol. The molecule has 0 bridgehead atoms. The summed E-state index contributed by atoms with van der Waals surface area (Å²) < 4.78 is 5.55. The number of allylic oxidation sites excluding steroid dienone is 1. The summed E-state index contributed by atoms with van der Waals surface area (Å²) in [6.07, 6.45) is 6.24. The predicted octanol–water partition coefficient (Wildman–Crippen LogP) is 3.35. The second-order valence-corrected chi connectivity index (χ2v) is 5.07. The number of pyridine rings is 2. The first-order valence-corrected chi connectivity index (χ1v) is 6.82. The minimum absolute atomic E-state index is 0.582. The van der Waals surface area contributed by atoms with Crippen LogP contribution in [0.15, 0.2) is 61.3 Å². The number of fused-ring (bicyclic) bond motifs is 1. The first-order valence-electron chi connectivity index (χ1n) is 6.82. The van der Waals surface area contributed by atoms with Gasteiger partial charge in [-0.2, -0.15) is 0 Å². The van der Waals surface area contributed by atoms with Crippen LogP contribution in [0.4, 0.5) is 0 Å². The van der Waals surface area contributed by atoms with Crippen molar-refractivity contribution in [1.82, 2.24) is 14.9 Å². The van der Waals surface area contributed by atoms with Crippen molar-refractivity contribution in [3.8, 4) is 0 Å². The predicted molar refractivity (Wildman–Crippen MR) is 84.1 cm³/mol. The second-order valence-electron chi connectivity index (χ2n) is 5.07. The summed E-state index contributed by atoms with van der Waals surface area (Å²) in [7, 11) is 2.04. The van der Waals surface area contributed by atoms with Crippen LogP contribution in [-0.2, 0) is 4.74 Å². The lowest BCUT2D eigenvalue weighted by atomic mass is 10.1. The summed E-state index contributed by atoms with van der Waals surface area (Å²) in [5.74, 6) is 1.32. The molecule has 21 heavy (non-hydrogen) atoms. The maximum absolute atomic E-state index is 5.55. The van der Waals surface area contributed by atoms with Crippen LogP contribution in [0.1, 0.15) is 12.1 Å². The Morgan fingerprint density at radius 3 is 2.95 bits per heavy atom. The lowest BCUT2D eigenvalue weighted by Gasteiger charge is -2.26. The molecule has 0 aliphatic carbocycles. The van der Waals surface area contributed by atoms with E-state index in [0.29, 0.717) is 5.76 Å². The van der Waals surface area contributed by atoms with Gasteiger partial charge in [-0.25, -0.2) is 4.98 Å². The number of nitrogens with zero attached hydrogens (tertiary/aromatic N) is 3. The van der Waals surface area contributed by atoms with Crippen LogP contribution in [0.5, 0.6) is 0 Å². The molecule has 0 aromatic carbocycles. The van der Waals surface area contributed by atoms with Crippen molar-refractivity contribution in [2.75, 3.05) is 13.6 Å². The molecule has 0 unspecified atom stereocenters. The van der Waals surface area contributed by atoms with Crippen molar-refractivity contribution in [3.05, 3.63) is 67.0 Å². The Morgan fingerprint density at radius 2 is 2.10 bits per heavy atom. The molecule has 1 aliphatic rings. The van der Waals surface area contributed by atoms with E-state index < -0.39 is 0 Å². The molecular formula is C17H17N3O. The smallest absolute Gasteiger partial charge is 0.121 e. The molecule has 0 spiro atoms. The van der Waals surface area contributed by atoms with E-state index in [4.69, 9.17) is 9.72 Å². The quantitative estimate of drug-likeness (QED) is 0.802. The highest BCUT2D eigenvalue weighted by molar-refractivity contribution is 5.80. The fourth-order valence-corrected chi connectivity index (χ4v) is 2.32. The lowest BCUT2D eigenvalue weighted by molar-refractivity contribution is 0.288. The van der Waals surface area contributed by atoms with E-state index >= 15 is 0 Å². The summed E-state index contributed by atoms with van der Waals surface area (Å²) in [5, 5.41) is 1.03. The molecule has 2 aromatic heterocycles. The van der Waals surface area contributed by atoms with E-state index in [-0.39, 0.29) is 0 Å². The molecule has 0 N–H and O–H groups in total. The zero-order valence-electron chi connectivity index (χ0n) is 12.0. The Hall–Kier alpha value is -2.62. The standard InChI is InChI=1S/C17H17N3O/c1-12-7-9-20(3)17(10-13(2)21-12)16-5-4-14-11-18-8-6-15(14)19-16/h4-6,8,10-11H,1-2,7,9H2,3H3/b17-10-. The Balaban J connectivity index is 2.05. The second kappa shape index (κ2) is 5.40. The number of hydrogen-bond acceptors (Lipinski definition) is 4. The molecule has 0 radical (unpaired) electrons. The molecule has 4 nitrogen and oxygen atoms in total. The minimum Gasteiger partial charge on any atom is -0.463 e. The van der Waals surface area contributed by atoms with Crippen LogP contribution < -0.4 is 0 Å². The highest BCUT2D eigenvalue weighted by Crippen LogP contribution is 2.24. The van der Waals surface area contributed by atoms with Gasteiger partial charge in [0.25, 0.3) is 0 Å². The Morgan fingerprint density at radius 1 is 1.24 bits per heavy atom. The first kappa shape index (κ1) is 13.4. The van der Waals surface area contributed by atoms with Gasteiger partial charge < -0.3 is 9.64 Å². The van der Waals surface area contributed by atoms with Gasteiger partial charge in [-0.3, -0.25) is 4.98 Å². The first-order chi connectivity index (χ1) is 10.1. The largest absolute Gasteiger partial charge is 0.463 e. The molecule has 3 heterocycles. The molecule has 0 saturated heterocycles. The maximum atomic E-state index is 5.55. The lowest BCUT2D eigenvalue weighted by Crippen LogP contribution is -2.21. The summed E-state index contributed by atoms with van der Waals surface area (Å²) in [4.78, 5) is 11.0. The van der Waals surface area contributed by atoms with Crippen molar-refractivity contribution in [2.24, 2.45) is 0 Å². The molecule has 2 aromatic rings. The van der Waals surface area contributed by atoms with Gasteiger partial charge in [0.05, 0.1) is 22.7 Å². The van der Waals surface area contributed by atoms with E-state index in [1.165, 1.54) is 0 Å². The van der Waals surface area contributed by atoms with Crippen LogP contribution in [0.2, 0.25) is 0 Å². The third-order valence-corrected chi connectivity index (χ3v) is 3.46. The maximum Gasteiger partial charge on any atom is 0.121 e. The normalized spacial score (nSPS) is 18.7. The van der Waals surface area contributed by atoms with Crippen LogP contribution in [0.25, 0.3) is 16.6 Å². The number of aromatic nitrogens is 2. The summed E-state index contributed by atoms with van der Waals surface area (Å²) in [5.41, 5.74) is 2.81. The van der Waals surface area contributed by atoms with Gasteiger partial charge in [-0.1, -0.05) is 13.2 Å². The van der Waals surface area contributed by atoms with E-state index in [1.807, 2.05) is 37.5 Å². The van der Waals surface area contributed by atoms with E-state index in [1.54, 1.807) is 6.20 Å². The third-order valence-electron chi connectivity index (χ3n) is 3.46. The van der Waals surface area contributed by atoms with Gasteiger partial charge in [-0.15, -0.1) is 0 Å². The van der Waals surface area contributed by atoms with Gasteiger partial charge >= 0.3 is 0 Å². The molecule has 3 rings (SSSR count). The Bertz CT molecular complexity index is 749. The molecule has 4 heteroatoms. The Kier molecular flexibility index (Phi) is 3.44. The molecule has 0 saturated carbocycles. The third kappa shape index (κ3) is 2.79. The minimum atomic E-state index is 0.582. The molecule has 1 aliphatic heterocycles. The van der Waals surface area contributed by atoms with Gasteiger partial charge in [0.15, 0.2) is 0 Å². The zero-order valence-corrected chi connectivity index (χ0v) is 12.0. The van der Waals surface area contributed by atoms with Gasteiger partial charge in [0.1, 0.15) is 5.76 Å². The summed E-state index contributed by atoms with van der Waals surface area (Å²) >= 11 is 0. The molecule has 0 atom stereocenters. The van der Waals surface area contributed by atoms with Crippen molar-refractivity contribution in [3.63, 3.8) is 0 Å². The van der Waals surface area contributed by atoms with Crippen molar-refractivity contribution >= 4 is 16.6 Å². The van der Waals surface area contributed by atoms with Crippen molar-refractivity contribution < 1.29 is 4.74 Å². The number of ether oxygens (including phenoxy) is 1.